The van der Waals surface area contributed by atoms with E-state index in [-0.39, 0.29) is 30.7 Å². The zero-order chi connectivity index (χ0) is 8.97. The van der Waals surface area contributed by atoms with E-state index in [0.29, 0.717) is 5.02 Å². The van der Waals surface area contributed by atoms with Gasteiger partial charge in [0.25, 0.3) is 0 Å². The second-order valence-corrected chi connectivity index (χ2v) is 3.14. The molecule has 0 aromatic heterocycles. The van der Waals surface area contributed by atoms with Gasteiger partial charge in [0.1, 0.15) is 6.29 Å². The van der Waals surface area contributed by atoms with Crippen molar-refractivity contribution in [1.29, 1.82) is 0 Å². The van der Waals surface area contributed by atoms with E-state index in [1.165, 1.54) is 0 Å². The van der Waals surface area contributed by atoms with Gasteiger partial charge in [-0.1, -0.05) is 30.7 Å². The Bertz CT molecular complexity index is 259. The fourth-order valence-electron chi connectivity index (χ4n) is 1.12. The lowest BCUT2D eigenvalue weighted by Gasteiger charge is -2.06. The van der Waals surface area contributed by atoms with Crippen LogP contribution < -0.4 is 0 Å². The Labute approximate surface area is 102 Å². The van der Waals surface area contributed by atoms with Crippen molar-refractivity contribution in [1.82, 2.24) is 0 Å². The molecule has 0 amide bonds. The maximum atomic E-state index is 10.6. The summed E-state index contributed by atoms with van der Waals surface area (Å²) in [6, 6.07) is 7.40. The van der Waals surface area contributed by atoms with Gasteiger partial charge in [-0.25, -0.2) is 0 Å². The van der Waals surface area contributed by atoms with Crippen LogP contribution in [0.2, 0.25) is 5.02 Å². The molecule has 0 saturated heterocycles. The van der Waals surface area contributed by atoms with Gasteiger partial charge in [-0.15, -0.1) is 24.8 Å². The lowest BCUT2D eigenvalue weighted by molar-refractivity contribution is -0.109. The van der Waals surface area contributed by atoms with Crippen molar-refractivity contribution in [3.05, 3.63) is 34.9 Å². The Morgan fingerprint density at radius 2 is 1.79 bits per heavy atom. The van der Waals surface area contributed by atoms with Gasteiger partial charge >= 0.3 is 0 Å². The standard InChI is InChI=1S/C10H11ClO.2ClH/c1-2-8(7-12)9-3-5-10(11)6-4-9;;/h3-8H,2H2,1H3;2*1H. The van der Waals surface area contributed by atoms with Crippen molar-refractivity contribution in [2.45, 2.75) is 19.3 Å². The third-order valence-corrected chi connectivity index (χ3v) is 2.15. The predicted molar refractivity (Wildman–Crippen MR) is 65.0 cm³/mol. The SMILES string of the molecule is CCC(C=O)c1ccc(Cl)cc1.Cl.Cl. The summed E-state index contributed by atoms with van der Waals surface area (Å²) in [5.41, 5.74) is 1.04. The number of benzene rings is 1. The molecule has 0 saturated carbocycles. The number of carbonyl (C=O) groups is 1. The van der Waals surface area contributed by atoms with Crippen LogP contribution in [-0.2, 0) is 4.79 Å². The van der Waals surface area contributed by atoms with E-state index in [0.717, 1.165) is 18.3 Å². The number of rotatable bonds is 3. The van der Waals surface area contributed by atoms with Crippen LogP contribution in [0.15, 0.2) is 24.3 Å². The van der Waals surface area contributed by atoms with E-state index in [9.17, 15) is 4.79 Å². The minimum absolute atomic E-state index is 0. The molecule has 14 heavy (non-hydrogen) atoms. The second-order valence-electron chi connectivity index (χ2n) is 2.70. The first-order chi connectivity index (χ1) is 5.77. The summed E-state index contributed by atoms with van der Waals surface area (Å²) in [5, 5.41) is 0.708. The molecule has 1 atom stereocenters. The maximum Gasteiger partial charge on any atom is 0.127 e. The molecular formula is C10H13Cl3O. The first-order valence-electron chi connectivity index (χ1n) is 3.98. The van der Waals surface area contributed by atoms with Crippen LogP contribution in [0, 0.1) is 0 Å². The Balaban J connectivity index is 0. The summed E-state index contributed by atoms with van der Waals surface area (Å²) in [7, 11) is 0. The molecule has 0 spiro atoms. The first kappa shape index (κ1) is 16.2. The molecular weight excluding hydrogens is 242 g/mol. The molecule has 1 rings (SSSR count). The van der Waals surface area contributed by atoms with Crippen molar-refractivity contribution in [3.8, 4) is 0 Å². The smallest absolute Gasteiger partial charge is 0.127 e. The van der Waals surface area contributed by atoms with Gasteiger partial charge in [-0.2, -0.15) is 0 Å². The Kier molecular flexibility index (Phi) is 9.37. The third kappa shape index (κ3) is 4.32. The number of carbonyl (C=O) groups excluding carboxylic acids is 1. The molecule has 0 aliphatic rings. The molecule has 0 radical (unpaired) electrons. The monoisotopic (exact) mass is 254 g/mol. The second kappa shape index (κ2) is 8.10. The number of halogens is 3. The Hall–Kier alpha value is -0.240. The van der Waals surface area contributed by atoms with Crippen molar-refractivity contribution in [2.75, 3.05) is 0 Å². The average Bonchev–Trinajstić information content (AvgIpc) is 2.10. The molecule has 0 fully saturated rings. The molecule has 0 aliphatic heterocycles. The summed E-state index contributed by atoms with van der Waals surface area (Å²) < 4.78 is 0. The Morgan fingerprint density at radius 1 is 1.29 bits per heavy atom. The Morgan fingerprint density at radius 3 is 2.14 bits per heavy atom. The summed E-state index contributed by atoms with van der Waals surface area (Å²) in [4.78, 5) is 10.6. The van der Waals surface area contributed by atoms with E-state index in [4.69, 9.17) is 11.6 Å². The van der Waals surface area contributed by atoms with Crippen LogP contribution in [0.1, 0.15) is 24.8 Å². The highest BCUT2D eigenvalue weighted by atomic mass is 35.5. The summed E-state index contributed by atoms with van der Waals surface area (Å²) in [5.74, 6) is 0.0160. The molecule has 0 N–H and O–H groups in total. The van der Waals surface area contributed by atoms with Crippen LogP contribution in [0.25, 0.3) is 0 Å². The normalized spacial score (nSPS) is 10.7. The average molecular weight is 256 g/mol. The van der Waals surface area contributed by atoms with Crippen LogP contribution in [0.4, 0.5) is 0 Å². The summed E-state index contributed by atoms with van der Waals surface area (Å²) in [6.07, 6.45) is 1.81. The quantitative estimate of drug-likeness (QED) is 0.749. The zero-order valence-corrected chi connectivity index (χ0v) is 10.2. The van der Waals surface area contributed by atoms with E-state index in [1.807, 2.05) is 31.2 Å². The molecule has 1 aromatic carbocycles. The molecule has 4 heteroatoms. The first-order valence-corrected chi connectivity index (χ1v) is 4.36. The summed E-state index contributed by atoms with van der Waals surface area (Å²) >= 11 is 5.71. The zero-order valence-electron chi connectivity index (χ0n) is 7.77. The van der Waals surface area contributed by atoms with Gasteiger partial charge in [-0.05, 0) is 24.1 Å². The van der Waals surface area contributed by atoms with Gasteiger partial charge in [0.05, 0.1) is 0 Å². The van der Waals surface area contributed by atoms with Crippen molar-refractivity contribution >= 4 is 42.7 Å². The maximum absolute atomic E-state index is 10.6. The van der Waals surface area contributed by atoms with E-state index >= 15 is 0 Å². The van der Waals surface area contributed by atoms with Crippen molar-refractivity contribution in [2.24, 2.45) is 0 Å². The highest BCUT2D eigenvalue weighted by Gasteiger charge is 2.06. The number of hydrogen-bond donors (Lipinski definition) is 0. The van der Waals surface area contributed by atoms with Crippen LogP contribution in [0.5, 0.6) is 0 Å². The van der Waals surface area contributed by atoms with Crippen LogP contribution >= 0.6 is 36.4 Å². The molecule has 0 bridgehead atoms. The van der Waals surface area contributed by atoms with Gasteiger partial charge in [-0.3, -0.25) is 0 Å². The lowest BCUT2D eigenvalue weighted by Crippen LogP contribution is -1.97. The van der Waals surface area contributed by atoms with Crippen LogP contribution in [0.3, 0.4) is 0 Å². The highest BCUT2D eigenvalue weighted by Crippen LogP contribution is 2.18. The highest BCUT2D eigenvalue weighted by molar-refractivity contribution is 6.30. The lowest BCUT2D eigenvalue weighted by atomic mass is 9.98. The number of aldehydes is 1. The van der Waals surface area contributed by atoms with E-state index in [1.54, 1.807) is 0 Å². The van der Waals surface area contributed by atoms with E-state index in [2.05, 4.69) is 0 Å². The van der Waals surface area contributed by atoms with Gasteiger partial charge in [0.15, 0.2) is 0 Å². The largest absolute Gasteiger partial charge is 0.303 e. The molecule has 80 valence electrons. The topological polar surface area (TPSA) is 17.1 Å². The minimum atomic E-state index is 0. The fourth-order valence-corrected chi connectivity index (χ4v) is 1.25. The molecule has 1 unspecified atom stereocenters. The van der Waals surface area contributed by atoms with Crippen molar-refractivity contribution < 1.29 is 4.79 Å². The number of hydrogen-bond acceptors (Lipinski definition) is 1. The van der Waals surface area contributed by atoms with Gasteiger partial charge in [0.2, 0.25) is 0 Å². The van der Waals surface area contributed by atoms with Crippen LogP contribution in [-0.4, -0.2) is 6.29 Å². The summed E-state index contributed by atoms with van der Waals surface area (Å²) in [6.45, 7) is 1.99. The molecule has 0 aliphatic carbocycles. The molecule has 1 aromatic rings. The molecule has 1 nitrogen and oxygen atoms in total. The van der Waals surface area contributed by atoms with Gasteiger partial charge in [0, 0.05) is 10.9 Å². The van der Waals surface area contributed by atoms with Crippen molar-refractivity contribution in [3.63, 3.8) is 0 Å². The predicted octanol–water partition coefficient (Wildman–Crippen LogP) is 3.88. The minimum Gasteiger partial charge on any atom is -0.303 e. The third-order valence-electron chi connectivity index (χ3n) is 1.90. The molecule has 0 heterocycles. The fraction of sp³-hybridized carbons (Fsp3) is 0.300. The van der Waals surface area contributed by atoms with Gasteiger partial charge < -0.3 is 4.79 Å². The van der Waals surface area contributed by atoms with E-state index < -0.39 is 0 Å².